The predicted octanol–water partition coefficient (Wildman–Crippen LogP) is 6.85. The van der Waals surface area contributed by atoms with Gasteiger partial charge in [0.05, 0.1) is 15.6 Å². The highest BCUT2D eigenvalue weighted by Gasteiger charge is 2.34. The number of halogens is 4. The van der Waals surface area contributed by atoms with Crippen LogP contribution >= 0.6 is 34.8 Å². The topological polar surface area (TPSA) is 47.3 Å². The highest BCUT2D eigenvalue weighted by Crippen LogP contribution is 2.33. The predicted molar refractivity (Wildman–Crippen MR) is 130 cm³/mol. The van der Waals surface area contributed by atoms with E-state index in [0.717, 1.165) is 37.8 Å². The first-order chi connectivity index (χ1) is 15.9. The Morgan fingerprint density at radius 2 is 1.82 bits per heavy atom. The summed E-state index contributed by atoms with van der Waals surface area (Å²) >= 11 is 18.6. The maximum absolute atomic E-state index is 14.2. The number of rotatable bonds is 5. The van der Waals surface area contributed by atoms with Crippen LogP contribution < -0.4 is 4.90 Å². The number of nitrogens with zero attached hydrogens (tertiary/aromatic N) is 3. The second kappa shape index (κ2) is 10.5. The van der Waals surface area contributed by atoms with Crippen molar-refractivity contribution in [1.29, 1.82) is 5.26 Å². The molecule has 4 rings (SSSR count). The molecule has 1 heterocycles. The Labute approximate surface area is 208 Å². The van der Waals surface area contributed by atoms with Gasteiger partial charge in [-0.3, -0.25) is 4.79 Å². The Morgan fingerprint density at radius 3 is 2.52 bits per heavy atom. The minimum atomic E-state index is -0.533. The molecule has 0 radical (unpaired) electrons. The zero-order chi connectivity index (χ0) is 23.5. The molecule has 1 atom stereocenters. The van der Waals surface area contributed by atoms with Crippen molar-refractivity contribution in [3.63, 3.8) is 0 Å². The molecule has 0 N–H and O–H groups in total. The van der Waals surface area contributed by atoms with Gasteiger partial charge in [0.1, 0.15) is 11.9 Å². The largest absolute Gasteiger partial charge is 0.362 e. The summed E-state index contributed by atoms with van der Waals surface area (Å²) in [6.45, 7) is 1.59. The van der Waals surface area contributed by atoms with Gasteiger partial charge < -0.3 is 9.80 Å². The number of carbonyl (C=O) groups is 1. The summed E-state index contributed by atoms with van der Waals surface area (Å²) in [5.74, 6) is -0.171. The molecule has 8 heteroatoms. The number of hydrogen-bond donors (Lipinski definition) is 0. The van der Waals surface area contributed by atoms with Gasteiger partial charge in [-0.05, 0) is 55.2 Å². The molecule has 33 heavy (non-hydrogen) atoms. The molecule has 4 nitrogen and oxygen atoms in total. The SMILES string of the molecule is N#Cc1ccc(N(Cc2cc(F)c(Cl)cc2Cl)[C@H]2CCN(C(=O)C3CCCCC3)C2)cc1Cl. The highest BCUT2D eigenvalue weighted by molar-refractivity contribution is 6.35. The average molecular weight is 509 g/mol. The van der Waals surface area contributed by atoms with Gasteiger partial charge in [0.15, 0.2) is 0 Å². The molecule has 0 unspecified atom stereocenters. The van der Waals surface area contributed by atoms with Crippen LogP contribution in [0.5, 0.6) is 0 Å². The summed E-state index contributed by atoms with van der Waals surface area (Å²) in [6, 6.07) is 10.1. The van der Waals surface area contributed by atoms with E-state index in [1.165, 1.54) is 18.6 Å². The van der Waals surface area contributed by atoms with Gasteiger partial charge in [0, 0.05) is 42.3 Å². The number of nitriles is 1. The van der Waals surface area contributed by atoms with Crippen LogP contribution in [-0.2, 0) is 11.3 Å². The molecular formula is C25H25Cl3FN3O. The first-order valence-electron chi connectivity index (χ1n) is 11.3. The molecule has 0 bridgehead atoms. The van der Waals surface area contributed by atoms with Crippen LogP contribution in [0, 0.1) is 23.1 Å². The van der Waals surface area contributed by atoms with Crippen LogP contribution in [0.3, 0.4) is 0 Å². The van der Waals surface area contributed by atoms with Crippen molar-refractivity contribution in [3.05, 3.63) is 62.3 Å². The fraction of sp³-hybridized carbons (Fsp3) is 0.440. The fourth-order valence-electron chi connectivity index (χ4n) is 4.88. The van der Waals surface area contributed by atoms with Crippen molar-refractivity contribution >= 4 is 46.4 Å². The third-order valence-electron chi connectivity index (χ3n) is 6.71. The van der Waals surface area contributed by atoms with Crippen molar-refractivity contribution in [2.45, 2.75) is 51.1 Å². The van der Waals surface area contributed by atoms with Gasteiger partial charge in [-0.25, -0.2) is 4.39 Å². The van der Waals surface area contributed by atoms with Gasteiger partial charge in [-0.1, -0.05) is 54.1 Å². The van der Waals surface area contributed by atoms with E-state index in [4.69, 9.17) is 34.8 Å². The van der Waals surface area contributed by atoms with Crippen molar-refractivity contribution in [2.75, 3.05) is 18.0 Å². The van der Waals surface area contributed by atoms with E-state index in [1.54, 1.807) is 12.1 Å². The summed E-state index contributed by atoms with van der Waals surface area (Å²) in [6.07, 6.45) is 6.15. The molecule has 2 aromatic carbocycles. The molecule has 2 fully saturated rings. The Kier molecular flexibility index (Phi) is 7.69. The van der Waals surface area contributed by atoms with Crippen LogP contribution in [0.4, 0.5) is 10.1 Å². The second-order valence-corrected chi connectivity index (χ2v) is 10.0. The summed E-state index contributed by atoms with van der Waals surface area (Å²) < 4.78 is 14.2. The monoisotopic (exact) mass is 507 g/mol. The number of amides is 1. The number of likely N-dealkylation sites (tertiary alicyclic amines) is 1. The first-order valence-corrected chi connectivity index (χ1v) is 12.4. The van der Waals surface area contributed by atoms with Gasteiger partial charge >= 0.3 is 0 Å². The fourth-order valence-corrected chi connectivity index (χ4v) is 5.54. The number of anilines is 1. The lowest BCUT2D eigenvalue weighted by molar-refractivity contribution is -0.135. The third kappa shape index (κ3) is 5.40. The van der Waals surface area contributed by atoms with Crippen LogP contribution in [0.2, 0.25) is 15.1 Å². The van der Waals surface area contributed by atoms with Crippen LogP contribution in [-0.4, -0.2) is 29.9 Å². The van der Waals surface area contributed by atoms with Crippen molar-refractivity contribution in [2.24, 2.45) is 5.92 Å². The summed E-state index contributed by atoms with van der Waals surface area (Å²) in [5.41, 5.74) is 1.77. The molecule has 1 saturated carbocycles. The van der Waals surface area contributed by atoms with Crippen LogP contribution in [0.15, 0.2) is 30.3 Å². The first kappa shape index (κ1) is 24.1. The molecule has 0 aromatic heterocycles. The molecule has 1 aliphatic carbocycles. The van der Waals surface area contributed by atoms with Crippen LogP contribution in [0.25, 0.3) is 0 Å². The van der Waals surface area contributed by atoms with E-state index >= 15 is 0 Å². The van der Waals surface area contributed by atoms with Gasteiger partial charge in [-0.2, -0.15) is 5.26 Å². The Morgan fingerprint density at radius 1 is 1.06 bits per heavy atom. The smallest absolute Gasteiger partial charge is 0.225 e. The third-order valence-corrected chi connectivity index (χ3v) is 7.66. The average Bonchev–Trinajstić information content (AvgIpc) is 3.30. The normalized spacial score (nSPS) is 18.9. The number of hydrogen-bond acceptors (Lipinski definition) is 3. The van der Waals surface area contributed by atoms with E-state index < -0.39 is 5.82 Å². The quantitative estimate of drug-likeness (QED) is 0.415. The highest BCUT2D eigenvalue weighted by atomic mass is 35.5. The molecular weight excluding hydrogens is 484 g/mol. The number of benzene rings is 2. The van der Waals surface area contributed by atoms with Crippen molar-refractivity contribution in [3.8, 4) is 6.07 Å². The molecule has 2 aliphatic rings. The minimum Gasteiger partial charge on any atom is -0.362 e. The molecule has 174 valence electrons. The van der Waals surface area contributed by atoms with Gasteiger partial charge in [-0.15, -0.1) is 0 Å². The summed E-state index contributed by atoms with van der Waals surface area (Å²) in [4.78, 5) is 17.2. The van der Waals surface area contributed by atoms with Crippen LogP contribution in [0.1, 0.15) is 49.7 Å². The molecule has 0 spiro atoms. The maximum Gasteiger partial charge on any atom is 0.225 e. The van der Waals surface area contributed by atoms with E-state index in [2.05, 4.69) is 11.0 Å². The summed E-state index contributed by atoms with van der Waals surface area (Å²) in [5, 5.41) is 9.94. The van der Waals surface area contributed by atoms with E-state index in [-0.39, 0.29) is 22.9 Å². The van der Waals surface area contributed by atoms with E-state index in [0.29, 0.717) is 40.8 Å². The lowest BCUT2D eigenvalue weighted by atomic mass is 9.88. The van der Waals surface area contributed by atoms with E-state index in [9.17, 15) is 14.4 Å². The zero-order valence-corrected chi connectivity index (χ0v) is 20.4. The molecule has 1 amide bonds. The van der Waals surface area contributed by atoms with Crippen molar-refractivity contribution < 1.29 is 9.18 Å². The molecule has 2 aromatic rings. The Hall–Kier alpha value is -2.00. The standard InChI is InChI=1S/C25H25Cl3FN3O/c26-21-11-19(7-6-17(21)13-30)32(14-18-10-24(29)23(28)12-22(18)27)20-8-9-31(15-20)25(33)16-4-2-1-3-5-16/h6-7,10-12,16,20H,1-5,8-9,14-15H2/t20-/m0/s1. The minimum absolute atomic E-state index is 0.0105. The zero-order valence-electron chi connectivity index (χ0n) is 18.2. The Balaban J connectivity index is 1.60. The lowest BCUT2D eigenvalue weighted by Crippen LogP contribution is -2.40. The van der Waals surface area contributed by atoms with E-state index in [1.807, 2.05) is 11.0 Å². The lowest BCUT2D eigenvalue weighted by Gasteiger charge is -2.33. The van der Waals surface area contributed by atoms with Gasteiger partial charge in [0.2, 0.25) is 5.91 Å². The van der Waals surface area contributed by atoms with Crippen molar-refractivity contribution in [1.82, 2.24) is 4.90 Å². The summed E-state index contributed by atoms with van der Waals surface area (Å²) in [7, 11) is 0. The molecule has 1 saturated heterocycles. The second-order valence-electron chi connectivity index (χ2n) is 8.82. The number of carbonyl (C=O) groups excluding carboxylic acids is 1. The maximum atomic E-state index is 14.2. The van der Waals surface area contributed by atoms with Gasteiger partial charge in [0.25, 0.3) is 0 Å². The Bertz CT molecular complexity index is 1080. The molecule has 1 aliphatic heterocycles.